The van der Waals surface area contributed by atoms with E-state index >= 15 is 0 Å². The van der Waals surface area contributed by atoms with Crippen LogP contribution in [-0.4, -0.2) is 23.3 Å². The van der Waals surface area contributed by atoms with Crippen LogP contribution in [0.4, 0.5) is 5.82 Å². The number of nitrogens with zero attached hydrogens (tertiary/aromatic N) is 2. The molecule has 0 fully saturated rings. The molecule has 2 rings (SSSR count). The molecular weight excluding hydrogens is 276 g/mol. The molecule has 0 saturated heterocycles. The highest BCUT2D eigenvalue weighted by molar-refractivity contribution is 7.98. The molecule has 1 aromatic heterocycles. The van der Waals surface area contributed by atoms with E-state index in [-0.39, 0.29) is 6.61 Å². The van der Waals surface area contributed by atoms with E-state index < -0.39 is 0 Å². The highest BCUT2D eigenvalue weighted by Crippen LogP contribution is 2.24. The van der Waals surface area contributed by atoms with Crippen LogP contribution >= 0.6 is 11.8 Å². The van der Waals surface area contributed by atoms with Gasteiger partial charge in [0.2, 0.25) is 5.88 Å². The van der Waals surface area contributed by atoms with Crippen LogP contribution in [0.3, 0.4) is 0 Å². The maximum atomic E-state index is 5.70. The van der Waals surface area contributed by atoms with E-state index in [9.17, 15) is 0 Å². The Labute approximate surface area is 121 Å². The third kappa shape index (κ3) is 3.83. The van der Waals surface area contributed by atoms with Gasteiger partial charge in [0, 0.05) is 18.1 Å². The lowest BCUT2D eigenvalue weighted by Crippen LogP contribution is -2.11. The summed E-state index contributed by atoms with van der Waals surface area (Å²) in [5.74, 6) is 7.46. The first-order chi connectivity index (χ1) is 9.75. The van der Waals surface area contributed by atoms with Gasteiger partial charge in [-0.15, -0.1) is 11.8 Å². The number of thioether (sulfide) groups is 1. The molecule has 0 radical (unpaired) electrons. The van der Waals surface area contributed by atoms with E-state index in [0.717, 1.165) is 0 Å². The third-order valence-corrected chi connectivity index (χ3v) is 3.20. The largest absolute Gasteiger partial charge is 0.439 e. The van der Waals surface area contributed by atoms with Gasteiger partial charge in [-0.25, -0.2) is 10.8 Å². The van der Waals surface area contributed by atoms with E-state index in [2.05, 4.69) is 15.4 Å². The minimum absolute atomic E-state index is 0.289. The molecular formula is C13H16N4O2S. The second-order valence-corrected chi connectivity index (χ2v) is 4.74. The fourth-order valence-electron chi connectivity index (χ4n) is 1.56. The van der Waals surface area contributed by atoms with Crippen molar-refractivity contribution in [3.8, 4) is 11.6 Å². The Bertz CT molecular complexity index is 563. The van der Waals surface area contributed by atoms with Crippen LogP contribution in [0, 0.1) is 0 Å². The van der Waals surface area contributed by atoms with Crippen LogP contribution < -0.4 is 16.0 Å². The van der Waals surface area contributed by atoms with Crippen LogP contribution in [0.5, 0.6) is 11.6 Å². The molecule has 0 aliphatic rings. The summed E-state index contributed by atoms with van der Waals surface area (Å²) in [4.78, 5) is 9.58. The summed E-state index contributed by atoms with van der Waals surface area (Å²) in [6, 6.07) is 9.37. The van der Waals surface area contributed by atoms with Crippen LogP contribution in [0.2, 0.25) is 0 Å². The van der Waals surface area contributed by atoms with Gasteiger partial charge in [-0.2, -0.15) is 4.98 Å². The van der Waals surface area contributed by atoms with Crippen molar-refractivity contribution < 1.29 is 9.47 Å². The second kappa shape index (κ2) is 7.09. The maximum absolute atomic E-state index is 5.70. The summed E-state index contributed by atoms with van der Waals surface area (Å²) in [7, 11) is 1.58. The van der Waals surface area contributed by atoms with E-state index in [1.54, 1.807) is 24.9 Å². The number of anilines is 1. The van der Waals surface area contributed by atoms with Crippen molar-refractivity contribution in [3.63, 3.8) is 0 Å². The fraction of sp³-hybridized carbons (Fsp3) is 0.231. The molecule has 7 heteroatoms. The van der Waals surface area contributed by atoms with Crippen molar-refractivity contribution >= 4 is 17.6 Å². The van der Waals surface area contributed by atoms with Gasteiger partial charge in [-0.3, -0.25) is 0 Å². The molecule has 0 aliphatic carbocycles. The predicted molar refractivity (Wildman–Crippen MR) is 78.9 cm³/mol. The molecule has 0 aliphatic heterocycles. The first kappa shape index (κ1) is 14.6. The van der Waals surface area contributed by atoms with Gasteiger partial charge in [0.15, 0.2) is 5.82 Å². The number of hydrogen-bond acceptors (Lipinski definition) is 7. The summed E-state index contributed by atoms with van der Waals surface area (Å²) in [5, 5.41) is 0. The Kier molecular flexibility index (Phi) is 5.16. The molecule has 106 valence electrons. The zero-order chi connectivity index (χ0) is 14.4. The Morgan fingerprint density at radius 1 is 1.25 bits per heavy atom. The van der Waals surface area contributed by atoms with Crippen molar-refractivity contribution in [1.29, 1.82) is 0 Å². The minimum atomic E-state index is 0.289. The average Bonchev–Trinajstić information content (AvgIpc) is 2.48. The van der Waals surface area contributed by atoms with Crippen LogP contribution in [0.25, 0.3) is 0 Å². The van der Waals surface area contributed by atoms with Crippen LogP contribution in [0.1, 0.15) is 5.82 Å². The molecule has 20 heavy (non-hydrogen) atoms. The smallest absolute Gasteiger partial charge is 0.224 e. The number of nitrogens with two attached hydrogens (primary N) is 1. The Morgan fingerprint density at radius 2 is 2.00 bits per heavy atom. The molecule has 1 aromatic carbocycles. The lowest BCUT2D eigenvalue weighted by molar-refractivity contribution is 0.177. The number of nitrogen functional groups attached to an aromatic ring is 1. The number of nitrogens with one attached hydrogen (secondary N) is 1. The van der Waals surface area contributed by atoms with Gasteiger partial charge >= 0.3 is 0 Å². The van der Waals surface area contributed by atoms with Gasteiger partial charge in [0.25, 0.3) is 0 Å². The van der Waals surface area contributed by atoms with Gasteiger partial charge in [-0.05, 0) is 30.5 Å². The van der Waals surface area contributed by atoms with E-state index in [4.69, 9.17) is 15.3 Å². The molecule has 0 unspecified atom stereocenters. The molecule has 0 atom stereocenters. The third-order valence-electron chi connectivity index (χ3n) is 2.45. The van der Waals surface area contributed by atoms with Gasteiger partial charge in [0.1, 0.15) is 18.2 Å². The second-order valence-electron chi connectivity index (χ2n) is 3.86. The molecule has 0 saturated carbocycles. The van der Waals surface area contributed by atoms with Crippen molar-refractivity contribution in [2.45, 2.75) is 11.5 Å². The monoisotopic (exact) mass is 292 g/mol. The molecule has 2 aromatic rings. The molecule has 0 spiro atoms. The number of methoxy groups -OCH3 is 1. The lowest BCUT2D eigenvalue weighted by Gasteiger charge is -2.09. The van der Waals surface area contributed by atoms with Gasteiger partial charge in [-0.1, -0.05) is 0 Å². The maximum Gasteiger partial charge on any atom is 0.224 e. The predicted octanol–water partition coefficient (Wildman–Crippen LogP) is 2.42. The minimum Gasteiger partial charge on any atom is -0.439 e. The summed E-state index contributed by atoms with van der Waals surface area (Å²) >= 11 is 1.67. The zero-order valence-electron chi connectivity index (χ0n) is 11.3. The SMILES string of the molecule is COCc1nc(NN)cc(Oc2ccc(SC)cc2)n1. The Morgan fingerprint density at radius 3 is 2.60 bits per heavy atom. The fourth-order valence-corrected chi connectivity index (χ4v) is 1.97. The lowest BCUT2D eigenvalue weighted by atomic mass is 10.3. The highest BCUT2D eigenvalue weighted by atomic mass is 32.2. The van der Waals surface area contributed by atoms with Crippen molar-refractivity contribution in [3.05, 3.63) is 36.2 Å². The van der Waals surface area contributed by atoms with Crippen LogP contribution in [-0.2, 0) is 11.3 Å². The van der Waals surface area contributed by atoms with Crippen LogP contribution in [0.15, 0.2) is 35.2 Å². The standard InChI is InChI=1S/C13H16N4O2S/c1-18-8-12-15-11(17-14)7-13(16-12)19-9-3-5-10(20-2)6-4-9/h3-7H,8,14H2,1-2H3,(H,15,16,17). The van der Waals surface area contributed by atoms with Gasteiger partial charge < -0.3 is 14.9 Å². The topological polar surface area (TPSA) is 82.3 Å². The first-order valence-electron chi connectivity index (χ1n) is 5.90. The number of rotatable bonds is 6. The number of hydrogen-bond donors (Lipinski definition) is 2. The Balaban J connectivity index is 2.20. The van der Waals surface area contributed by atoms with Gasteiger partial charge in [0.05, 0.1) is 0 Å². The average molecular weight is 292 g/mol. The van der Waals surface area contributed by atoms with E-state index in [1.807, 2.05) is 30.5 Å². The summed E-state index contributed by atoms with van der Waals surface area (Å²) in [6.45, 7) is 0.289. The molecule has 1 heterocycles. The zero-order valence-corrected chi connectivity index (χ0v) is 12.1. The summed E-state index contributed by atoms with van der Waals surface area (Å²) in [5.41, 5.74) is 2.48. The number of aromatic nitrogens is 2. The highest BCUT2D eigenvalue weighted by Gasteiger charge is 2.06. The summed E-state index contributed by atoms with van der Waals surface area (Å²) in [6.07, 6.45) is 2.02. The summed E-state index contributed by atoms with van der Waals surface area (Å²) < 4.78 is 10.7. The van der Waals surface area contributed by atoms with Crippen molar-refractivity contribution in [2.24, 2.45) is 5.84 Å². The molecule has 0 amide bonds. The number of hydrazine groups is 1. The molecule has 6 nitrogen and oxygen atoms in total. The number of ether oxygens (including phenoxy) is 2. The molecule has 3 N–H and O–H groups in total. The quantitative estimate of drug-likeness (QED) is 0.480. The van der Waals surface area contributed by atoms with E-state index in [1.165, 1.54) is 4.90 Å². The van der Waals surface area contributed by atoms with E-state index in [0.29, 0.717) is 23.3 Å². The molecule has 0 bridgehead atoms. The normalized spacial score (nSPS) is 10.3. The number of benzene rings is 1. The Hall–Kier alpha value is -1.83. The van der Waals surface area contributed by atoms with Crippen molar-refractivity contribution in [1.82, 2.24) is 9.97 Å². The first-order valence-corrected chi connectivity index (χ1v) is 7.13. The van der Waals surface area contributed by atoms with Crippen molar-refractivity contribution in [2.75, 3.05) is 18.8 Å².